The lowest BCUT2D eigenvalue weighted by Crippen LogP contribution is -2.11. The van der Waals surface area contributed by atoms with Crippen molar-refractivity contribution in [1.82, 2.24) is 4.98 Å². The highest BCUT2D eigenvalue weighted by atomic mass is 32.2. The van der Waals surface area contributed by atoms with Crippen molar-refractivity contribution in [1.29, 1.82) is 0 Å². The minimum absolute atomic E-state index is 0.223. The molecule has 0 aliphatic rings. The molecule has 0 fully saturated rings. The van der Waals surface area contributed by atoms with Gasteiger partial charge in [0.25, 0.3) is 5.91 Å². The van der Waals surface area contributed by atoms with Crippen LogP contribution < -0.4 is 10.1 Å². The Balaban J connectivity index is 1.49. The lowest BCUT2D eigenvalue weighted by Gasteiger charge is -2.06. The molecule has 1 heterocycles. The summed E-state index contributed by atoms with van der Waals surface area (Å²) in [5.74, 6) is 1.03. The molecule has 8 heteroatoms. The number of fused-ring (bicyclic) bond motifs is 1. The summed E-state index contributed by atoms with van der Waals surface area (Å²) in [5.41, 5.74) is 1.09. The third-order valence-corrected chi connectivity index (χ3v) is 6.15. The lowest BCUT2D eigenvalue weighted by molar-refractivity contribution is 0.102. The normalized spacial score (nSPS) is 11.3. The second-order valence-electron chi connectivity index (χ2n) is 6.31. The van der Waals surface area contributed by atoms with Gasteiger partial charge < -0.3 is 4.74 Å². The maximum Gasteiger partial charge on any atom is 0.257 e. The van der Waals surface area contributed by atoms with E-state index >= 15 is 0 Å². The number of aromatic nitrogens is 1. The minimum Gasteiger partial charge on any atom is -0.457 e. The second kappa shape index (κ2) is 7.65. The number of ether oxygens (including phenoxy) is 1. The Morgan fingerprint density at radius 2 is 1.66 bits per heavy atom. The molecule has 0 atom stereocenters. The molecule has 0 saturated heterocycles. The monoisotopic (exact) mass is 424 g/mol. The maximum absolute atomic E-state index is 12.5. The van der Waals surface area contributed by atoms with Gasteiger partial charge in [-0.3, -0.25) is 10.1 Å². The molecule has 0 spiro atoms. The molecule has 146 valence electrons. The molecule has 0 radical (unpaired) electrons. The zero-order valence-corrected chi connectivity index (χ0v) is 17.0. The van der Waals surface area contributed by atoms with Crippen molar-refractivity contribution in [2.24, 2.45) is 0 Å². The summed E-state index contributed by atoms with van der Waals surface area (Å²) in [6, 6.07) is 20.9. The zero-order chi connectivity index (χ0) is 20.4. The van der Waals surface area contributed by atoms with Crippen LogP contribution in [0.1, 0.15) is 10.4 Å². The van der Waals surface area contributed by atoms with Crippen molar-refractivity contribution in [3.8, 4) is 11.5 Å². The summed E-state index contributed by atoms with van der Waals surface area (Å²) < 4.78 is 29.8. The van der Waals surface area contributed by atoms with Crippen LogP contribution in [0.3, 0.4) is 0 Å². The maximum atomic E-state index is 12.5. The first-order valence-electron chi connectivity index (χ1n) is 8.63. The van der Waals surface area contributed by atoms with Gasteiger partial charge in [-0.05, 0) is 54.6 Å². The summed E-state index contributed by atoms with van der Waals surface area (Å²) in [6.45, 7) is 0. The number of sulfone groups is 1. The van der Waals surface area contributed by atoms with Gasteiger partial charge in [0.2, 0.25) is 0 Å². The molecule has 1 N–H and O–H groups in total. The smallest absolute Gasteiger partial charge is 0.257 e. The molecule has 4 rings (SSSR count). The van der Waals surface area contributed by atoms with E-state index in [0.29, 0.717) is 32.4 Å². The lowest BCUT2D eigenvalue weighted by atomic mass is 10.2. The first-order chi connectivity index (χ1) is 13.9. The first-order valence-corrected chi connectivity index (χ1v) is 11.3. The van der Waals surface area contributed by atoms with Crippen LogP contribution in [0.25, 0.3) is 10.2 Å². The number of nitrogens with zero attached hydrogens (tertiary/aromatic N) is 1. The van der Waals surface area contributed by atoms with Crippen LogP contribution in [0.5, 0.6) is 11.5 Å². The van der Waals surface area contributed by atoms with Crippen LogP contribution in [0, 0.1) is 0 Å². The summed E-state index contributed by atoms with van der Waals surface area (Å²) in [7, 11) is -3.30. The second-order valence-corrected chi connectivity index (χ2v) is 9.36. The van der Waals surface area contributed by atoms with E-state index in [1.807, 2.05) is 30.3 Å². The van der Waals surface area contributed by atoms with Gasteiger partial charge in [-0.25, -0.2) is 13.4 Å². The molecule has 29 heavy (non-hydrogen) atoms. The predicted molar refractivity (Wildman–Crippen MR) is 114 cm³/mol. The van der Waals surface area contributed by atoms with Crippen molar-refractivity contribution < 1.29 is 17.9 Å². The van der Waals surface area contributed by atoms with Crippen LogP contribution in [0.15, 0.2) is 77.7 Å². The molecule has 0 aliphatic heterocycles. The molecule has 0 unspecified atom stereocenters. The Bertz CT molecular complexity index is 1280. The fourth-order valence-corrected chi connectivity index (χ4v) is 4.28. The molecule has 1 amide bonds. The van der Waals surface area contributed by atoms with Crippen LogP contribution in [-0.2, 0) is 9.84 Å². The minimum atomic E-state index is -3.30. The Morgan fingerprint density at radius 3 is 2.34 bits per heavy atom. The van der Waals surface area contributed by atoms with Crippen LogP contribution in [0.4, 0.5) is 5.13 Å². The summed E-state index contributed by atoms with van der Waals surface area (Å²) >= 11 is 1.22. The third-order valence-electron chi connectivity index (χ3n) is 4.10. The van der Waals surface area contributed by atoms with E-state index < -0.39 is 9.84 Å². The quantitative estimate of drug-likeness (QED) is 0.500. The highest BCUT2D eigenvalue weighted by Crippen LogP contribution is 2.29. The summed E-state index contributed by atoms with van der Waals surface area (Å²) in [4.78, 5) is 17.1. The van der Waals surface area contributed by atoms with Crippen molar-refractivity contribution >= 4 is 42.4 Å². The number of rotatable bonds is 5. The number of thiazole rings is 1. The van der Waals surface area contributed by atoms with Crippen molar-refractivity contribution in [3.05, 3.63) is 78.4 Å². The highest BCUT2D eigenvalue weighted by molar-refractivity contribution is 7.90. The van der Waals surface area contributed by atoms with Crippen LogP contribution in [-0.4, -0.2) is 25.6 Å². The van der Waals surface area contributed by atoms with Gasteiger partial charge in [-0.1, -0.05) is 29.5 Å². The number of para-hydroxylation sites is 1. The fourth-order valence-electron chi connectivity index (χ4n) is 2.66. The summed E-state index contributed by atoms with van der Waals surface area (Å²) in [5, 5.41) is 3.16. The van der Waals surface area contributed by atoms with Gasteiger partial charge in [0, 0.05) is 11.8 Å². The molecule has 1 aromatic heterocycles. The van der Waals surface area contributed by atoms with Gasteiger partial charge in [-0.15, -0.1) is 0 Å². The fraction of sp³-hybridized carbons (Fsp3) is 0.0476. The average Bonchev–Trinajstić information content (AvgIpc) is 3.10. The summed E-state index contributed by atoms with van der Waals surface area (Å²) in [6.07, 6.45) is 1.16. The van der Waals surface area contributed by atoms with Crippen LogP contribution >= 0.6 is 11.3 Å². The predicted octanol–water partition coefficient (Wildman–Crippen LogP) is 4.74. The van der Waals surface area contributed by atoms with Crippen molar-refractivity contribution in [2.75, 3.05) is 11.6 Å². The molecule has 0 bridgehead atoms. The topological polar surface area (TPSA) is 85.4 Å². The van der Waals surface area contributed by atoms with E-state index in [-0.39, 0.29) is 10.8 Å². The van der Waals surface area contributed by atoms with Crippen molar-refractivity contribution in [2.45, 2.75) is 4.90 Å². The van der Waals surface area contributed by atoms with Crippen LogP contribution in [0.2, 0.25) is 0 Å². The van der Waals surface area contributed by atoms with E-state index in [2.05, 4.69) is 10.3 Å². The van der Waals surface area contributed by atoms with E-state index in [0.717, 1.165) is 6.26 Å². The van der Waals surface area contributed by atoms with E-state index in [9.17, 15) is 13.2 Å². The number of benzene rings is 3. The Morgan fingerprint density at radius 1 is 0.966 bits per heavy atom. The first kappa shape index (κ1) is 19.1. The van der Waals surface area contributed by atoms with Gasteiger partial charge in [0.15, 0.2) is 15.0 Å². The number of hydrogen-bond acceptors (Lipinski definition) is 6. The van der Waals surface area contributed by atoms with E-state index in [4.69, 9.17) is 4.74 Å². The number of hydrogen-bond donors (Lipinski definition) is 1. The number of amides is 1. The standard InChI is InChI=1S/C21H16N2O4S2/c1-29(25,26)17-11-12-18-19(13-17)28-21(22-18)23-20(24)14-7-9-16(10-8-14)27-15-5-3-2-4-6-15/h2-13H,1H3,(H,22,23,24). The largest absolute Gasteiger partial charge is 0.457 e. The molecule has 6 nitrogen and oxygen atoms in total. The third kappa shape index (κ3) is 4.44. The zero-order valence-electron chi connectivity index (χ0n) is 15.3. The molecular formula is C21H16N2O4S2. The van der Waals surface area contributed by atoms with Gasteiger partial charge >= 0.3 is 0 Å². The molecule has 3 aromatic carbocycles. The van der Waals surface area contributed by atoms with Crippen molar-refractivity contribution in [3.63, 3.8) is 0 Å². The van der Waals surface area contributed by atoms with E-state index in [1.165, 1.54) is 17.4 Å². The Labute approximate surface area is 171 Å². The number of carbonyl (C=O) groups excluding carboxylic acids is 1. The Hall–Kier alpha value is -3.23. The number of anilines is 1. The Kier molecular flexibility index (Phi) is 5.04. The average molecular weight is 425 g/mol. The molecule has 0 aliphatic carbocycles. The van der Waals surface area contributed by atoms with Gasteiger partial charge in [0.05, 0.1) is 15.1 Å². The molecule has 4 aromatic rings. The molecule has 0 saturated carbocycles. The number of carbonyl (C=O) groups is 1. The van der Waals surface area contributed by atoms with Gasteiger partial charge in [-0.2, -0.15) is 0 Å². The number of nitrogens with one attached hydrogen (secondary N) is 1. The van der Waals surface area contributed by atoms with E-state index in [1.54, 1.807) is 36.4 Å². The van der Waals surface area contributed by atoms with Gasteiger partial charge in [0.1, 0.15) is 11.5 Å². The molecular weight excluding hydrogens is 408 g/mol. The highest BCUT2D eigenvalue weighted by Gasteiger charge is 2.13. The SMILES string of the molecule is CS(=O)(=O)c1ccc2nc(NC(=O)c3ccc(Oc4ccccc4)cc3)sc2c1.